The van der Waals surface area contributed by atoms with Gasteiger partial charge in [0, 0.05) is 12.1 Å². The van der Waals surface area contributed by atoms with Gasteiger partial charge in [0.15, 0.2) is 0 Å². The molecule has 1 saturated heterocycles. The van der Waals surface area contributed by atoms with Crippen molar-refractivity contribution < 1.29 is 0 Å². The molecule has 1 saturated carbocycles. The molecule has 2 nitrogen and oxygen atoms in total. The van der Waals surface area contributed by atoms with Crippen molar-refractivity contribution in [1.29, 1.82) is 0 Å². The van der Waals surface area contributed by atoms with Crippen LogP contribution in [0.5, 0.6) is 0 Å². The first-order valence-electron chi connectivity index (χ1n) is 6.03. The summed E-state index contributed by atoms with van der Waals surface area (Å²) >= 11 is 0. The SMILES string of the molecule is CC(C)C1(C)CC1N1CCC(N)CC1. The maximum absolute atomic E-state index is 5.92. The summed E-state index contributed by atoms with van der Waals surface area (Å²) in [5.41, 5.74) is 6.52. The first-order chi connectivity index (χ1) is 6.54. The summed E-state index contributed by atoms with van der Waals surface area (Å²) < 4.78 is 0. The number of nitrogens with zero attached hydrogens (tertiary/aromatic N) is 1. The van der Waals surface area contributed by atoms with Gasteiger partial charge in [-0.05, 0) is 43.7 Å². The van der Waals surface area contributed by atoms with Crippen LogP contribution in [0.25, 0.3) is 0 Å². The Labute approximate surface area is 87.8 Å². The van der Waals surface area contributed by atoms with E-state index in [1.54, 1.807) is 0 Å². The van der Waals surface area contributed by atoms with Crippen molar-refractivity contribution in [3.8, 4) is 0 Å². The average Bonchev–Trinajstić information content (AvgIpc) is 2.81. The third-order valence-corrected chi connectivity index (χ3v) is 4.57. The van der Waals surface area contributed by atoms with E-state index in [2.05, 4.69) is 25.7 Å². The molecule has 14 heavy (non-hydrogen) atoms. The molecule has 82 valence electrons. The number of likely N-dealkylation sites (tertiary alicyclic amines) is 1. The molecular weight excluding hydrogens is 172 g/mol. The standard InChI is InChI=1S/C12H24N2/c1-9(2)12(3)8-11(12)14-6-4-10(13)5-7-14/h9-11H,4-8,13H2,1-3H3. The maximum Gasteiger partial charge on any atom is 0.0158 e. The van der Waals surface area contributed by atoms with Crippen LogP contribution >= 0.6 is 0 Å². The largest absolute Gasteiger partial charge is 0.328 e. The molecule has 1 aliphatic carbocycles. The van der Waals surface area contributed by atoms with Crippen molar-refractivity contribution in [2.45, 2.75) is 52.1 Å². The normalized spacial score (nSPS) is 40.5. The molecule has 0 radical (unpaired) electrons. The molecule has 2 N–H and O–H groups in total. The first kappa shape index (κ1) is 10.4. The predicted molar refractivity (Wildman–Crippen MR) is 60.1 cm³/mol. The monoisotopic (exact) mass is 196 g/mol. The molecule has 2 heteroatoms. The summed E-state index contributed by atoms with van der Waals surface area (Å²) in [6.45, 7) is 9.62. The molecule has 2 fully saturated rings. The third kappa shape index (κ3) is 1.70. The van der Waals surface area contributed by atoms with Gasteiger partial charge in [0.2, 0.25) is 0 Å². The molecule has 0 aromatic rings. The van der Waals surface area contributed by atoms with E-state index >= 15 is 0 Å². The van der Waals surface area contributed by atoms with Gasteiger partial charge in [0.1, 0.15) is 0 Å². The number of nitrogens with two attached hydrogens (primary N) is 1. The zero-order chi connectivity index (χ0) is 10.3. The van der Waals surface area contributed by atoms with Crippen LogP contribution in [-0.4, -0.2) is 30.1 Å². The number of rotatable bonds is 2. The van der Waals surface area contributed by atoms with Crippen LogP contribution in [0, 0.1) is 11.3 Å². The van der Waals surface area contributed by atoms with E-state index in [1.165, 1.54) is 32.4 Å². The summed E-state index contributed by atoms with van der Waals surface area (Å²) in [4.78, 5) is 2.67. The Morgan fingerprint density at radius 2 is 1.86 bits per heavy atom. The summed E-state index contributed by atoms with van der Waals surface area (Å²) in [6.07, 6.45) is 3.80. The molecule has 2 unspecified atom stereocenters. The van der Waals surface area contributed by atoms with Gasteiger partial charge in [-0.3, -0.25) is 4.90 Å². The van der Waals surface area contributed by atoms with E-state index in [0.29, 0.717) is 11.5 Å². The second-order valence-corrected chi connectivity index (χ2v) is 5.75. The minimum atomic E-state index is 0.468. The van der Waals surface area contributed by atoms with Crippen LogP contribution in [0.15, 0.2) is 0 Å². The highest BCUT2D eigenvalue weighted by atomic mass is 15.2. The van der Waals surface area contributed by atoms with E-state index < -0.39 is 0 Å². The minimum Gasteiger partial charge on any atom is -0.328 e. The Hall–Kier alpha value is -0.0800. The fourth-order valence-corrected chi connectivity index (χ4v) is 2.76. The molecule has 2 aliphatic rings. The van der Waals surface area contributed by atoms with Crippen LogP contribution in [0.1, 0.15) is 40.0 Å². The van der Waals surface area contributed by atoms with Crippen molar-refractivity contribution in [2.75, 3.05) is 13.1 Å². The van der Waals surface area contributed by atoms with Crippen LogP contribution in [0.3, 0.4) is 0 Å². The van der Waals surface area contributed by atoms with Gasteiger partial charge >= 0.3 is 0 Å². The highest BCUT2D eigenvalue weighted by molar-refractivity contribution is 5.08. The molecule has 0 spiro atoms. The fourth-order valence-electron chi connectivity index (χ4n) is 2.76. The Balaban J connectivity index is 1.87. The van der Waals surface area contributed by atoms with Crippen LogP contribution in [0.4, 0.5) is 0 Å². The van der Waals surface area contributed by atoms with Crippen LogP contribution in [-0.2, 0) is 0 Å². The predicted octanol–water partition coefficient (Wildman–Crippen LogP) is 1.84. The van der Waals surface area contributed by atoms with Gasteiger partial charge in [0.25, 0.3) is 0 Å². The Kier molecular flexibility index (Phi) is 2.61. The Bertz CT molecular complexity index is 206. The van der Waals surface area contributed by atoms with Gasteiger partial charge < -0.3 is 5.73 Å². The van der Waals surface area contributed by atoms with Gasteiger partial charge in [-0.15, -0.1) is 0 Å². The molecular formula is C12H24N2. The van der Waals surface area contributed by atoms with Crippen molar-refractivity contribution in [3.63, 3.8) is 0 Å². The Morgan fingerprint density at radius 1 is 1.29 bits per heavy atom. The molecule has 2 atom stereocenters. The van der Waals surface area contributed by atoms with Gasteiger partial charge in [-0.1, -0.05) is 20.8 Å². The number of hydrogen-bond donors (Lipinski definition) is 1. The van der Waals surface area contributed by atoms with Crippen molar-refractivity contribution in [2.24, 2.45) is 17.1 Å². The second kappa shape index (κ2) is 3.49. The summed E-state index contributed by atoms with van der Waals surface area (Å²) in [6, 6.07) is 1.32. The van der Waals surface area contributed by atoms with E-state index in [4.69, 9.17) is 5.73 Å². The van der Waals surface area contributed by atoms with Crippen molar-refractivity contribution in [3.05, 3.63) is 0 Å². The van der Waals surface area contributed by atoms with E-state index in [1.807, 2.05) is 0 Å². The lowest BCUT2D eigenvalue weighted by molar-refractivity contribution is 0.167. The van der Waals surface area contributed by atoms with E-state index in [9.17, 15) is 0 Å². The molecule has 0 amide bonds. The van der Waals surface area contributed by atoms with Gasteiger partial charge in [0.05, 0.1) is 0 Å². The lowest BCUT2D eigenvalue weighted by atomic mass is 9.93. The van der Waals surface area contributed by atoms with E-state index in [-0.39, 0.29) is 0 Å². The lowest BCUT2D eigenvalue weighted by Gasteiger charge is -2.32. The van der Waals surface area contributed by atoms with E-state index in [0.717, 1.165) is 12.0 Å². The average molecular weight is 196 g/mol. The molecule has 2 rings (SSSR count). The lowest BCUT2D eigenvalue weighted by Crippen LogP contribution is -2.42. The highest BCUT2D eigenvalue weighted by Crippen LogP contribution is 2.54. The van der Waals surface area contributed by atoms with Gasteiger partial charge in [-0.2, -0.15) is 0 Å². The number of hydrogen-bond acceptors (Lipinski definition) is 2. The molecule has 1 aliphatic heterocycles. The summed E-state index contributed by atoms with van der Waals surface area (Å²) in [5.74, 6) is 0.822. The topological polar surface area (TPSA) is 29.3 Å². The second-order valence-electron chi connectivity index (χ2n) is 5.75. The number of piperidine rings is 1. The maximum atomic E-state index is 5.92. The zero-order valence-electron chi connectivity index (χ0n) is 9.79. The van der Waals surface area contributed by atoms with Crippen LogP contribution in [0.2, 0.25) is 0 Å². The molecule has 0 aromatic carbocycles. The molecule has 0 aromatic heterocycles. The summed E-state index contributed by atoms with van der Waals surface area (Å²) in [5, 5.41) is 0. The summed E-state index contributed by atoms with van der Waals surface area (Å²) in [7, 11) is 0. The van der Waals surface area contributed by atoms with Gasteiger partial charge in [-0.25, -0.2) is 0 Å². The first-order valence-corrected chi connectivity index (χ1v) is 6.03. The molecule has 1 heterocycles. The fraction of sp³-hybridized carbons (Fsp3) is 1.00. The zero-order valence-corrected chi connectivity index (χ0v) is 9.79. The third-order valence-electron chi connectivity index (χ3n) is 4.57. The minimum absolute atomic E-state index is 0.468. The quantitative estimate of drug-likeness (QED) is 0.730. The van der Waals surface area contributed by atoms with Crippen molar-refractivity contribution in [1.82, 2.24) is 4.90 Å². The highest BCUT2D eigenvalue weighted by Gasteiger charge is 2.54. The Morgan fingerprint density at radius 3 is 2.29 bits per heavy atom. The van der Waals surface area contributed by atoms with Crippen LogP contribution < -0.4 is 5.73 Å². The molecule has 0 bridgehead atoms. The smallest absolute Gasteiger partial charge is 0.0158 e. The van der Waals surface area contributed by atoms with Crippen molar-refractivity contribution >= 4 is 0 Å².